The van der Waals surface area contributed by atoms with Crippen molar-refractivity contribution in [2.45, 2.75) is 46.5 Å². The van der Waals surface area contributed by atoms with Crippen LogP contribution in [0.3, 0.4) is 0 Å². The van der Waals surface area contributed by atoms with Crippen LogP contribution in [0.25, 0.3) is 11.9 Å². The van der Waals surface area contributed by atoms with Crippen molar-refractivity contribution in [2.75, 3.05) is 7.11 Å². The van der Waals surface area contributed by atoms with Crippen molar-refractivity contribution in [3.63, 3.8) is 0 Å². The molecule has 0 aliphatic carbocycles. The van der Waals surface area contributed by atoms with Crippen LogP contribution in [0.15, 0.2) is 75.8 Å². The summed E-state index contributed by atoms with van der Waals surface area (Å²) in [6, 6.07) is 11.4. The molecule has 1 aliphatic rings. The maximum absolute atomic E-state index is 13.9. The van der Waals surface area contributed by atoms with Crippen molar-refractivity contribution in [3.8, 4) is 11.6 Å². The predicted molar refractivity (Wildman–Crippen MR) is 155 cm³/mol. The van der Waals surface area contributed by atoms with Crippen molar-refractivity contribution in [1.29, 1.82) is 0 Å². The summed E-state index contributed by atoms with van der Waals surface area (Å²) >= 11 is 0. The maximum atomic E-state index is 13.9. The number of aromatic nitrogens is 3. The topological polar surface area (TPSA) is 118 Å². The number of nitrogens with zero attached hydrogens (tertiary/aromatic N) is 5. The number of aryl methyl sites for hydroxylation is 2. The smallest absolute Gasteiger partial charge is 0.263 e. The van der Waals surface area contributed by atoms with Gasteiger partial charge in [0.25, 0.3) is 5.56 Å². The second-order valence-corrected chi connectivity index (χ2v) is 8.91. The van der Waals surface area contributed by atoms with Crippen LogP contribution < -0.4 is 26.8 Å². The summed E-state index contributed by atoms with van der Waals surface area (Å²) in [5.74, 6) is 2.41. The molecule has 0 spiro atoms. The molecule has 0 unspecified atom stereocenters. The lowest BCUT2D eigenvalue weighted by Crippen LogP contribution is -2.35. The molecule has 3 N–H and O–H groups in total. The predicted octanol–water partition coefficient (Wildman–Crippen LogP) is 3.79. The molecule has 4 rings (SSSR count). The zero-order chi connectivity index (χ0) is 27.6. The van der Waals surface area contributed by atoms with E-state index >= 15 is 0 Å². The summed E-state index contributed by atoms with van der Waals surface area (Å²) in [4.78, 5) is 27.9. The van der Waals surface area contributed by atoms with E-state index in [4.69, 9.17) is 14.7 Å². The van der Waals surface area contributed by atoms with E-state index in [-0.39, 0.29) is 5.56 Å². The molecule has 10 nitrogen and oxygen atoms in total. The van der Waals surface area contributed by atoms with E-state index < -0.39 is 0 Å². The molecule has 1 aliphatic heterocycles. The number of unbranched alkanes of at least 4 members (excludes halogenated alkanes) is 1. The molecule has 3 aromatic rings. The van der Waals surface area contributed by atoms with Crippen LogP contribution in [0.4, 0.5) is 0 Å². The highest BCUT2D eigenvalue weighted by Crippen LogP contribution is 2.16. The first kappa shape index (κ1) is 27.5. The molecule has 10 heteroatoms. The molecule has 3 heterocycles. The van der Waals surface area contributed by atoms with E-state index in [1.807, 2.05) is 56.3 Å². The van der Waals surface area contributed by atoms with E-state index in [9.17, 15) is 4.79 Å². The van der Waals surface area contributed by atoms with Gasteiger partial charge in [-0.05, 0) is 56.5 Å². The SMILES string of the molecule is C\C=C/C(Cc1c(CCCC)nc(C)n(-c2ccc(OC)cn2)c1=O)=N\C=C\c1ccccc1C1=NNNN1. The van der Waals surface area contributed by atoms with E-state index in [0.29, 0.717) is 35.2 Å². The van der Waals surface area contributed by atoms with Crippen LogP contribution in [-0.2, 0) is 12.8 Å². The Balaban J connectivity index is 1.71. The summed E-state index contributed by atoms with van der Waals surface area (Å²) in [6.07, 6.45) is 12.1. The second kappa shape index (κ2) is 13.3. The number of benzene rings is 1. The number of hydrogen-bond acceptors (Lipinski definition) is 9. The minimum atomic E-state index is -0.136. The zero-order valence-electron chi connectivity index (χ0n) is 22.7. The highest BCUT2D eigenvalue weighted by Gasteiger charge is 2.18. The van der Waals surface area contributed by atoms with E-state index in [0.717, 1.165) is 41.8 Å². The van der Waals surface area contributed by atoms with E-state index in [2.05, 4.69) is 33.5 Å². The quantitative estimate of drug-likeness (QED) is 0.325. The molecule has 0 amide bonds. The number of nitrogens with one attached hydrogen (secondary N) is 3. The second-order valence-electron chi connectivity index (χ2n) is 8.91. The molecule has 0 saturated heterocycles. The highest BCUT2D eigenvalue weighted by atomic mass is 16.5. The third kappa shape index (κ3) is 6.66. The number of hydrogen-bond donors (Lipinski definition) is 3. The maximum Gasteiger partial charge on any atom is 0.263 e. The summed E-state index contributed by atoms with van der Waals surface area (Å²) in [5.41, 5.74) is 12.3. The van der Waals surface area contributed by atoms with Crippen LogP contribution in [-0.4, -0.2) is 33.2 Å². The van der Waals surface area contributed by atoms with Gasteiger partial charge in [-0.2, -0.15) is 0 Å². The van der Waals surface area contributed by atoms with Gasteiger partial charge < -0.3 is 4.74 Å². The number of pyridine rings is 1. The Hall–Kier alpha value is -4.57. The third-order valence-corrected chi connectivity index (χ3v) is 6.21. The van der Waals surface area contributed by atoms with Crippen LogP contribution in [0.2, 0.25) is 0 Å². The number of allylic oxidation sites excluding steroid dienone is 2. The largest absolute Gasteiger partial charge is 0.495 e. The van der Waals surface area contributed by atoms with Gasteiger partial charge in [0.1, 0.15) is 17.4 Å². The molecule has 1 aromatic carbocycles. The van der Waals surface area contributed by atoms with Crippen molar-refractivity contribution >= 4 is 17.6 Å². The number of amidine groups is 1. The average molecular weight is 527 g/mol. The molecule has 39 heavy (non-hydrogen) atoms. The Bertz CT molecular complexity index is 1470. The number of ether oxygens (including phenoxy) is 1. The first-order valence-corrected chi connectivity index (χ1v) is 13.0. The van der Waals surface area contributed by atoms with Crippen LogP contribution in [0, 0.1) is 6.92 Å². The number of aliphatic imine (C=N–C) groups is 1. The molecule has 2 aromatic heterocycles. The lowest BCUT2D eigenvalue weighted by Gasteiger charge is -2.15. The van der Waals surface area contributed by atoms with Gasteiger partial charge in [-0.25, -0.2) is 20.1 Å². The Labute approximate surface area is 228 Å². The first-order chi connectivity index (χ1) is 19.0. The van der Waals surface area contributed by atoms with Gasteiger partial charge in [-0.3, -0.25) is 15.2 Å². The van der Waals surface area contributed by atoms with Crippen molar-refractivity contribution in [1.82, 2.24) is 31.0 Å². The monoisotopic (exact) mass is 526 g/mol. The normalized spacial score (nSPS) is 13.5. The van der Waals surface area contributed by atoms with Crippen LogP contribution >= 0.6 is 0 Å². The Morgan fingerprint density at radius 3 is 2.74 bits per heavy atom. The Kier molecular flexibility index (Phi) is 9.36. The zero-order valence-corrected chi connectivity index (χ0v) is 22.7. The third-order valence-electron chi connectivity index (χ3n) is 6.21. The summed E-state index contributed by atoms with van der Waals surface area (Å²) in [5, 5.41) is 4.20. The highest BCUT2D eigenvalue weighted by molar-refractivity contribution is 6.02. The van der Waals surface area contributed by atoms with Gasteiger partial charge in [0.05, 0.1) is 19.0 Å². The van der Waals surface area contributed by atoms with Gasteiger partial charge >= 0.3 is 0 Å². The summed E-state index contributed by atoms with van der Waals surface area (Å²) in [6.45, 7) is 5.90. The number of hydrazine groups is 2. The van der Waals surface area contributed by atoms with Gasteiger partial charge in [0.15, 0.2) is 5.84 Å². The number of rotatable bonds is 11. The minimum Gasteiger partial charge on any atom is -0.495 e. The van der Waals surface area contributed by atoms with Crippen molar-refractivity contribution in [2.24, 2.45) is 10.1 Å². The minimum absolute atomic E-state index is 0.136. The lowest BCUT2D eigenvalue weighted by atomic mass is 10.0. The van der Waals surface area contributed by atoms with Gasteiger partial charge in [0, 0.05) is 29.5 Å². The number of methoxy groups -OCH3 is 1. The van der Waals surface area contributed by atoms with Gasteiger partial charge in [-0.15, -0.1) is 10.6 Å². The van der Waals surface area contributed by atoms with E-state index in [1.165, 1.54) is 0 Å². The van der Waals surface area contributed by atoms with Crippen LogP contribution in [0.5, 0.6) is 5.75 Å². The lowest BCUT2D eigenvalue weighted by molar-refractivity contribution is 0.412. The summed E-state index contributed by atoms with van der Waals surface area (Å²) < 4.78 is 6.78. The fraction of sp³-hybridized carbons (Fsp3) is 0.276. The Morgan fingerprint density at radius 2 is 2.05 bits per heavy atom. The molecule has 0 saturated carbocycles. The van der Waals surface area contributed by atoms with Crippen LogP contribution in [0.1, 0.15) is 54.9 Å². The number of hydrazone groups is 1. The van der Waals surface area contributed by atoms with Gasteiger partial charge in [-0.1, -0.05) is 43.7 Å². The Morgan fingerprint density at radius 1 is 1.21 bits per heavy atom. The summed E-state index contributed by atoms with van der Waals surface area (Å²) in [7, 11) is 1.58. The van der Waals surface area contributed by atoms with Crippen molar-refractivity contribution < 1.29 is 4.74 Å². The van der Waals surface area contributed by atoms with Crippen molar-refractivity contribution in [3.05, 3.63) is 99.5 Å². The molecular weight excluding hydrogens is 492 g/mol. The standard InChI is InChI=1S/C29H34N8O2/c1-5-7-13-26-25(29(38)37(20(3)32-26)27-15-14-23(39-4)19-31-27)18-22(10-6-2)30-17-16-21-11-8-9-12-24(21)28-33-35-36-34-28/h6,8-12,14-17,19,35-36H,5,7,13,18H2,1-4H3,(H,33,34)/b10-6-,17-16+,30-22+. The molecule has 0 fully saturated rings. The molecular formula is C29H34N8O2. The average Bonchev–Trinajstić information content (AvgIpc) is 3.49. The fourth-order valence-corrected chi connectivity index (χ4v) is 4.26. The first-order valence-electron chi connectivity index (χ1n) is 13.0. The molecule has 0 atom stereocenters. The molecule has 202 valence electrons. The van der Waals surface area contributed by atoms with Gasteiger partial charge in [0.2, 0.25) is 0 Å². The molecule has 0 bridgehead atoms. The van der Waals surface area contributed by atoms with E-state index in [1.54, 1.807) is 36.2 Å². The fourth-order valence-electron chi connectivity index (χ4n) is 4.26. The molecule has 0 radical (unpaired) electrons.